The van der Waals surface area contributed by atoms with Gasteiger partial charge in [-0.25, -0.2) is 4.99 Å². The highest BCUT2D eigenvalue weighted by atomic mass is 32.1. The van der Waals surface area contributed by atoms with Crippen molar-refractivity contribution in [3.63, 3.8) is 0 Å². The lowest BCUT2D eigenvalue weighted by molar-refractivity contribution is -0.141. The van der Waals surface area contributed by atoms with Crippen LogP contribution in [0.2, 0.25) is 0 Å². The Morgan fingerprint density at radius 1 is 1.38 bits per heavy atom. The molecule has 0 aliphatic carbocycles. The monoisotopic (exact) mass is 241 g/mol. The van der Waals surface area contributed by atoms with Gasteiger partial charge in [0.15, 0.2) is 5.90 Å². The van der Waals surface area contributed by atoms with Gasteiger partial charge < -0.3 is 9.47 Å². The molecule has 0 saturated carbocycles. The molecule has 0 spiro atoms. The molecule has 0 fully saturated rings. The maximum Gasteiger partial charge on any atom is 0.315 e. The lowest BCUT2D eigenvalue weighted by atomic mass is 10.4. The van der Waals surface area contributed by atoms with Crippen LogP contribution in [-0.4, -0.2) is 25.1 Å². The minimum Gasteiger partial charge on any atom is -0.481 e. The van der Waals surface area contributed by atoms with Crippen LogP contribution in [-0.2, 0) is 14.3 Å². The average Bonchev–Trinajstić information content (AvgIpc) is 2.71. The van der Waals surface area contributed by atoms with Gasteiger partial charge in [0.2, 0.25) is 0 Å². The molecule has 0 amide bonds. The largest absolute Gasteiger partial charge is 0.481 e. The second-order valence-electron chi connectivity index (χ2n) is 2.90. The van der Waals surface area contributed by atoms with Gasteiger partial charge >= 0.3 is 5.97 Å². The minimum absolute atomic E-state index is 0.0809. The zero-order chi connectivity index (χ0) is 11.8. The average molecular weight is 241 g/mol. The molecule has 0 saturated heterocycles. The molecule has 0 aliphatic heterocycles. The first-order chi connectivity index (χ1) is 7.76. The molecule has 0 radical (unpaired) electrons. The van der Waals surface area contributed by atoms with Crippen LogP contribution < -0.4 is 0 Å². The summed E-state index contributed by atoms with van der Waals surface area (Å²) in [5, 5.41) is 3.82. The van der Waals surface area contributed by atoms with Gasteiger partial charge in [-0.15, -0.1) is 0 Å². The Morgan fingerprint density at radius 3 is 2.69 bits per heavy atom. The van der Waals surface area contributed by atoms with Crippen LogP contribution in [0, 0.1) is 0 Å². The summed E-state index contributed by atoms with van der Waals surface area (Å²) in [7, 11) is 0. The maximum atomic E-state index is 11.3. The van der Waals surface area contributed by atoms with Crippen molar-refractivity contribution in [2.75, 3.05) is 13.2 Å². The van der Waals surface area contributed by atoms with Gasteiger partial charge in [-0.2, -0.15) is 11.3 Å². The molecule has 4 nitrogen and oxygen atoms in total. The van der Waals surface area contributed by atoms with E-state index in [2.05, 4.69) is 4.99 Å². The van der Waals surface area contributed by atoms with Crippen molar-refractivity contribution in [3.8, 4) is 0 Å². The highest BCUT2D eigenvalue weighted by Gasteiger charge is 2.09. The standard InChI is InChI=1S/C11H15NO3S/c1-3-14-10(7-11(13)15-4-2)12-9-5-6-16-8-9/h5-6,8H,3-4,7H2,1-2H3. The number of carbonyl (C=O) groups is 1. The van der Waals surface area contributed by atoms with Crippen LogP contribution in [0.5, 0.6) is 0 Å². The van der Waals surface area contributed by atoms with E-state index in [0.717, 1.165) is 5.69 Å². The normalized spacial score (nSPS) is 11.2. The Balaban J connectivity index is 2.63. The summed E-state index contributed by atoms with van der Waals surface area (Å²) in [6.45, 7) is 4.49. The van der Waals surface area contributed by atoms with Gasteiger partial charge in [-0.3, -0.25) is 4.79 Å². The first kappa shape index (κ1) is 12.7. The molecular weight excluding hydrogens is 226 g/mol. The number of hydrogen-bond acceptors (Lipinski definition) is 5. The highest BCUT2D eigenvalue weighted by Crippen LogP contribution is 2.16. The van der Waals surface area contributed by atoms with E-state index in [1.807, 2.05) is 23.8 Å². The number of esters is 1. The number of carbonyl (C=O) groups excluding carboxylic acids is 1. The predicted molar refractivity (Wildman–Crippen MR) is 64.3 cm³/mol. The number of hydrogen-bond donors (Lipinski definition) is 0. The van der Waals surface area contributed by atoms with Gasteiger partial charge in [0, 0.05) is 5.38 Å². The molecule has 0 N–H and O–H groups in total. The molecule has 0 bridgehead atoms. The van der Waals surface area contributed by atoms with Gasteiger partial charge in [-0.1, -0.05) is 0 Å². The van der Waals surface area contributed by atoms with Gasteiger partial charge in [0.25, 0.3) is 0 Å². The van der Waals surface area contributed by atoms with Crippen molar-refractivity contribution < 1.29 is 14.3 Å². The van der Waals surface area contributed by atoms with Crippen LogP contribution in [0.4, 0.5) is 5.69 Å². The molecule has 0 atom stereocenters. The number of thiophene rings is 1. The third-order valence-electron chi connectivity index (χ3n) is 1.67. The van der Waals surface area contributed by atoms with E-state index < -0.39 is 0 Å². The van der Waals surface area contributed by atoms with Crippen molar-refractivity contribution in [2.24, 2.45) is 4.99 Å². The summed E-state index contributed by atoms with van der Waals surface area (Å²) >= 11 is 1.55. The summed E-state index contributed by atoms with van der Waals surface area (Å²) in [4.78, 5) is 15.5. The third kappa shape index (κ3) is 4.44. The summed E-state index contributed by atoms with van der Waals surface area (Å²) in [5.41, 5.74) is 0.803. The Bertz CT molecular complexity index is 346. The van der Waals surface area contributed by atoms with E-state index in [0.29, 0.717) is 19.1 Å². The van der Waals surface area contributed by atoms with E-state index in [9.17, 15) is 4.79 Å². The number of nitrogens with zero attached hydrogens (tertiary/aromatic N) is 1. The molecule has 88 valence electrons. The van der Waals surface area contributed by atoms with Gasteiger partial charge in [-0.05, 0) is 25.3 Å². The Hall–Kier alpha value is -1.36. The third-order valence-corrected chi connectivity index (χ3v) is 2.34. The van der Waals surface area contributed by atoms with Crippen LogP contribution in [0.3, 0.4) is 0 Å². The quantitative estimate of drug-likeness (QED) is 0.452. The first-order valence-corrected chi connectivity index (χ1v) is 6.08. The Labute approximate surface area is 98.9 Å². The summed E-state index contributed by atoms with van der Waals surface area (Å²) in [6, 6.07) is 1.87. The Kier molecular flexibility index (Phi) is 5.56. The molecular formula is C11H15NO3S. The molecule has 16 heavy (non-hydrogen) atoms. The number of rotatable bonds is 5. The fourth-order valence-corrected chi connectivity index (χ4v) is 1.66. The van der Waals surface area contributed by atoms with Gasteiger partial charge in [0.05, 0.1) is 18.9 Å². The zero-order valence-corrected chi connectivity index (χ0v) is 10.3. The second-order valence-corrected chi connectivity index (χ2v) is 3.68. The van der Waals surface area contributed by atoms with Crippen molar-refractivity contribution in [3.05, 3.63) is 16.8 Å². The lowest BCUT2D eigenvalue weighted by Gasteiger charge is -2.06. The first-order valence-electron chi connectivity index (χ1n) is 5.14. The van der Waals surface area contributed by atoms with Crippen LogP contribution >= 0.6 is 11.3 Å². The van der Waals surface area contributed by atoms with E-state index >= 15 is 0 Å². The molecule has 0 aliphatic rings. The highest BCUT2D eigenvalue weighted by molar-refractivity contribution is 7.08. The van der Waals surface area contributed by atoms with E-state index in [-0.39, 0.29) is 12.4 Å². The summed E-state index contributed by atoms with van der Waals surface area (Å²) in [6.07, 6.45) is 0.0809. The van der Waals surface area contributed by atoms with Crippen molar-refractivity contribution in [1.29, 1.82) is 0 Å². The molecule has 1 rings (SSSR count). The fourth-order valence-electron chi connectivity index (χ4n) is 1.09. The minimum atomic E-state index is -0.315. The lowest BCUT2D eigenvalue weighted by Crippen LogP contribution is -2.13. The predicted octanol–water partition coefficient (Wildman–Crippen LogP) is 2.77. The molecule has 1 aromatic heterocycles. The second kappa shape index (κ2) is 7.00. The van der Waals surface area contributed by atoms with E-state index in [1.54, 1.807) is 18.3 Å². The summed E-state index contributed by atoms with van der Waals surface area (Å²) < 4.78 is 10.1. The Morgan fingerprint density at radius 2 is 2.12 bits per heavy atom. The molecule has 1 heterocycles. The van der Waals surface area contributed by atoms with Crippen molar-refractivity contribution >= 4 is 28.9 Å². The van der Waals surface area contributed by atoms with Crippen LogP contribution in [0.1, 0.15) is 20.3 Å². The number of aliphatic imine (C=N–C) groups is 1. The van der Waals surface area contributed by atoms with Crippen LogP contribution in [0.15, 0.2) is 21.8 Å². The van der Waals surface area contributed by atoms with Crippen molar-refractivity contribution in [2.45, 2.75) is 20.3 Å². The maximum absolute atomic E-state index is 11.3. The fraction of sp³-hybridized carbons (Fsp3) is 0.455. The van der Waals surface area contributed by atoms with Gasteiger partial charge in [0.1, 0.15) is 6.42 Å². The van der Waals surface area contributed by atoms with Crippen LogP contribution in [0.25, 0.3) is 0 Å². The van der Waals surface area contributed by atoms with E-state index in [1.165, 1.54) is 0 Å². The topological polar surface area (TPSA) is 47.9 Å². The zero-order valence-electron chi connectivity index (χ0n) is 9.43. The molecule has 5 heteroatoms. The smallest absolute Gasteiger partial charge is 0.315 e. The molecule has 0 aromatic carbocycles. The SMILES string of the molecule is CCOC(=O)CC(=Nc1ccsc1)OCC. The van der Waals surface area contributed by atoms with E-state index in [4.69, 9.17) is 9.47 Å². The molecule has 0 unspecified atom stereocenters. The summed E-state index contributed by atoms with van der Waals surface area (Å²) in [5.74, 6) is 0.0873. The van der Waals surface area contributed by atoms with Crippen molar-refractivity contribution in [1.82, 2.24) is 0 Å². The molecule has 1 aromatic rings. The number of ether oxygens (including phenoxy) is 2.